The number of ether oxygens (including phenoxy) is 1. The second-order valence-electron chi connectivity index (χ2n) is 25.4. The Morgan fingerprint density at radius 2 is 0.736 bits per heavy atom. The maximum atomic E-state index is 13.6. The van der Waals surface area contributed by atoms with E-state index in [0.29, 0.717) is 23.9 Å². The molecule has 9 nitrogen and oxygen atoms in total. The van der Waals surface area contributed by atoms with Gasteiger partial charge in [0.2, 0.25) is 5.91 Å². The van der Waals surface area contributed by atoms with Gasteiger partial charge in [0.15, 0.2) is 0 Å². The summed E-state index contributed by atoms with van der Waals surface area (Å²) >= 11 is 0. The van der Waals surface area contributed by atoms with Crippen molar-refractivity contribution < 1.29 is 37.3 Å². The Hall–Kier alpha value is -3.33. The number of hydrogen-bond acceptors (Lipinski definition) is 6. The number of amides is 1. The molecule has 3 unspecified atom stereocenters. The molecular weight excluding hydrogens is 1100 g/mol. The third-order valence-corrected chi connectivity index (χ3v) is 16.7. The Kier molecular flexibility index (Phi) is 63.1. The predicted octanol–water partition coefficient (Wildman–Crippen LogP) is 23.2. The highest BCUT2D eigenvalue weighted by Crippen LogP contribution is 2.43. The highest BCUT2D eigenvalue weighted by Gasteiger charge is 2.30. The molecule has 2 N–H and O–H groups in total. The SMILES string of the molecule is CC/C=C\C/C=C\C/C=C\C/C=C\C/C=C\C/C=C\CCCCCCC(=O)OC(/C=C/CCCCCCCCCCCCC)C(COP(=O)(O)OCC[N+](C)(C)C)NC(=O)CCCCCCCCCCCCCCCCC/C=C\C/C=C\CCCCC. The van der Waals surface area contributed by atoms with E-state index in [4.69, 9.17) is 13.8 Å². The number of carbonyl (C=O) groups is 2. The van der Waals surface area contributed by atoms with Gasteiger partial charge in [-0.25, -0.2) is 4.57 Å². The minimum Gasteiger partial charge on any atom is -0.456 e. The third-order valence-electron chi connectivity index (χ3n) is 15.7. The molecule has 1 amide bonds. The molecular formula is C77H138N2O7P+. The van der Waals surface area contributed by atoms with Crippen molar-refractivity contribution in [3.8, 4) is 0 Å². The Bertz CT molecular complexity index is 1860. The topological polar surface area (TPSA) is 111 Å². The number of likely N-dealkylation sites (N-methyl/N-ethyl adjacent to an activating group) is 1. The molecule has 502 valence electrons. The predicted molar refractivity (Wildman–Crippen MR) is 378 cm³/mol. The molecule has 0 spiro atoms. The van der Waals surface area contributed by atoms with Crippen LogP contribution in [-0.4, -0.2) is 74.3 Å². The monoisotopic (exact) mass is 1230 g/mol. The van der Waals surface area contributed by atoms with Gasteiger partial charge < -0.3 is 19.4 Å². The molecule has 0 saturated heterocycles. The summed E-state index contributed by atoms with van der Waals surface area (Å²) in [5, 5.41) is 3.07. The Labute approximate surface area is 538 Å². The Morgan fingerprint density at radius 3 is 1.13 bits per heavy atom. The summed E-state index contributed by atoms with van der Waals surface area (Å²) in [6.07, 6.45) is 91.0. The fourth-order valence-corrected chi connectivity index (χ4v) is 10.9. The number of phosphoric acid groups is 1. The van der Waals surface area contributed by atoms with Crippen LogP contribution in [0.2, 0.25) is 0 Å². The van der Waals surface area contributed by atoms with Crippen LogP contribution < -0.4 is 5.32 Å². The normalized spacial score (nSPS) is 14.1. The van der Waals surface area contributed by atoms with Crippen LogP contribution in [0.5, 0.6) is 0 Å². The number of nitrogens with one attached hydrogen (secondary N) is 1. The van der Waals surface area contributed by atoms with Crippen molar-refractivity contribution in [1.29, 1.82) is 0 Å². The third kappa shape index (κ3) is 66.9. The van der Waals surface area contributed by atoms with Crippen molar-refractivity contribution in [1.82, 2.24) is 5.32 Å². The summed E-state index contributed by atoms with van der Waals surface area (Å²) in [6.45, 7) is 6.88. The molecule has 87 heavy (non-hydrogen) atoms. The van der Waals surface area contributed by atoms with Gasteiger partial charge in [-0.1, -0.05) is 297 Å². The molecule has 0 heterocycles. The molecule has 0 saturated carbocycles. The van der Waals surface area contributed by atoms with Crippen LogP contribution in [0.15, 0.2) is 109 Å². The van der Waals surface area contributed by atoms with Crippen LogP contribution in [0, 0.1) is 0 Å². The van der Waals surface area contributed by atoms with Gasteiger partial charge in [-0.05, 0) is 115 Å². The number of esters is 1. The first-order chi connectivity index (χ1) is 42.4. The summed E-state index contributed by atoms with van der Waals surface area (Å²) in [5.74, 6) is -0.530. The first-order valence-corrected chi connectivity index (χ1v) is 37.7. The molecule has 0 aromatic rings. The van der Waals surface area contributed by atoms with E-state index >= 15 is 0 Å². The zero-order valence-corrected chi connectivity index (χ0v) is 58.4. The molecule has 0 aliphatic rings. The number of quaternary nitrogens is 1. The quantitative estimate of drug-likeness (QED) is 0.0205. The average Bonchev–Trinajstić information content (AvgIpc) is 3.70. The van der Waals surface area contributed by atoms with Crippen LogP contribution in [-0.2, 0) is 27.9 Å². The van der Waals surface area contributed by atoms with E-state index in [1.54, 1.807) is 0 Å². The van der Waals surface area contributed by atoms with Crippen molar-refractivity contribution >= 4 is 19.7 Å². The lowest BCUT2D eigenvalue weighted by atomic mass is 10.0. The molecule has 0 radical (unpaired) electrons. The number of carbonyl (C=O) groups excluding carboxylic acids is 2. The number of phosphoric ester groups is 1. The second-order valence-corrected chi connectivity index (χ2v) is 26.8. The highest BCUT2D eigenvalue weighted by molar-refractivity contribution is 7.47. The van der Waals surface area contributed by atoms with Crippen molar-refractivity contribution in [2.75, 3.05) is 40.9 Å². The summed E-state index contributed by atoms with van der Waals surface area (Å²) in [7, 11) is 1.48. The van der Waals surface area contributed by atoms with Gasteiger partial charge in [-0.3, -0.25) is 18.6 Å². The maximum absolute atomic E-state index is 13.6. The maximum Gasteiger partial charge on any atom is 0.472 e. The zero-order valence-electron chi connectivity index (χ0n) is 57.5. The lowest BCUT2D eigenvalue weighted by Gasteiger charge is -2.27. The van der Waals surface area contributed by atoms with Crippen LogP contribution >= 0.6 is 7.82 Å². The zero-order chi connectivity index (χ0) is 63.5. The molecule has 0 aromatic carbocycles. The van der Waals surface area contributed by atoms with Gasteiger partial charge >= 0.3 is 13.8 Å². The van der Waals surface area contributed by atoms with E-state index in [0.717, 1.165) is 109 Å². The number of hydrogen-bond donors (Lipinski definition) is 2. The molecule has 0 fully saturated rings. The molecule has 0 aliphatic heterocycles. The smallest absolute Gasteiger partial charge is 0.456 e. The highest BCUT2D eigenvalue weighted by atomic mass is 31.2. The summed E-state index contributed by atoms with van der Waals surface area (Å²) in [5.41, 5.74) is 0. The van der Waals surface area contributed by atoms with Gasteiger partial charge in [0.1, 0.15) is 19.3 Å². The van der Waals surface area contributed by atoms with E-state index < -0.39 is 20.0 Å². The lowest BCUT2D eigenvalue weighted by Crippen LogP contribution is -2.47. The van der Waals surface area contributed by atoms with Crippen LogP contribution in [0.4, 0.5) is 0 Å². The second kappa shape index (κ2) is 65.6. The van der Waals surface area contributed by atoms with E-state index in [1.165, 1.54) is 167 Å². The number of rotatable bonds is 65. The van der Waals surface area contributed by atoms with Crippen molar-refractivity contribution in [3.05, 3.63) is 109 Å². The molecule has 10 heteroatoms. The fourth-order valence-electron chi connectivity index (χ4n) is 10.2. The number of allylic oxidation sites excluding steroid dienone is 17. The largest absolute Gasteiger partial charge is 0.472 e. The standard InChI is InChI=1S/C77H137N2O7P/c1-7-10-13-16-19-22-25-28-30-32-34-36-38-39-41-42-44-46-48-51-54-57-60-63-66-69-76(80)78-74(73-85-87(82,83)84-72-71-79(4,5)6)75(68-65-62-59-56-53-50-27-24-21-18-15-12-9-3)86-77(81)70-67-64-61-58-55-52-49-47-45-43-40-37-35-33-31-29-26-23-20-17-14-11-8-2/h11,14,19-20,22-23,28-31,35,37,43,45,49,52,65,68,74-75H,7-10,12-13,15-18,21,24-27,32-34,36,38-42,44,46-48,50-51,53-64,66-67,69-73H2,1-6H3,(H-,78,80,82,83)/p+1/b14-11-,22-19-,23-20-,30-28-,31-29-,37-35-,45-43-,52-49-,68-65+. The summed E-state index contributed by atoms with van der Waals surface area (Å²) < 4.78 is 30.8. The average molecular weight is 1230 g/mol. The Morgan fingerprint density at radius 1 is 0.414 bits per heavy atom. The first kappa shape index (κ1) is 83.7. The van der Waals surface area contributed by atoms with Gasteiger partial charge in [0.25, 0.3) is 0 Å². The fraction of sp³-hybridized carbons (Fsp3) is 0.740. The molecule has 0 aliphatic carbocycles. The summed E-state index contributed by atoms with van der Waals surface area (Å²) in [4.78, 5) is 37.9. The lowest BCUT2D eigenvalue weighted by molar-refractivity contribution is -0.870. The molecule has 0 bridgehead atoms. The van der Waals surface area contributed by atoms with Gasteiger partial charge in [-0.15, -0.1) is 0 Å². The van der Waals surface area contributed by atoms with E-state index in [1.807, 2.05) is 33.3 Å². The van der Waals surface area contributed by atoms with Crippen molar-refractivity contribution in [3.63, 3.8) is 0 Å². The minimum absolute atomic E-state index is 0.0317. The van der Waals surface area contributed by atoms with Gasteiger partial charge in [0.05, 0.1) is 33.8 Å². The van der Waals surface area contributed by atoms with Crippen molar-refractivity contribution in [2.45, 2.75) is 328 Å². The van der Waals surface area contributed by atoms with E-state index in [9.17, 15) is 19.0 Å². The number of nitrogens with zero attached hydrogens (tertiary/aromatic N) is 1. The van der Waals surface area contributed by atoms with Crippen LogP contribution in [0.1, 0.15) is 316 Å². The van der Waals surface area contributed by atoms with Crippen molar-refractivity contribution in [2.24, 2.45) is 0 Å². The van der Waals surface area contributed by atoms with Gasteiger partial charge in [-0.2, -0.15) is 0 Å². The first-order valence-electron chi connectivity index (χ1n) is 36.2. The summed E-state index contributed by atoms with van der Waals surface area (Å²) in [6, 6.07) is -0.867. The van der Waals surface area contributed by atoms with Crippen LogP contribution in [0.25, 0.3) is 0 Å². The number of unbranched alkanes of at least 4 members (excludes halogenated alkanes) is 33. The van der Waals surface area contributed by atoms with E-state index in [-0.39, 0.29) is 31.5 Å². The van der Waals surface area contributed by atoms with Crippen LogP contribution in [0.3, 0.4) is 0 Å². The molecule has 0 rings (SSSR count). The Balaban J connectivity index is 5.14. The molecule has 3 atom stereocenters. The van der Waals surface area contributed by atoms with E-state index in [2.05, 4.69) is 123 Å². The minimum atomic E-state index is -4.47. The molecule has 0 aromatic heterocycles. The van der Waals surface area contributed by atoms with Gasteiger partial charge in [0, 0.05) is 12.8 Å².